The van der Waals surface area contributed by atoms with Crippen LogP contribution in [0.2, 0.25) is 0 Å². The summed E-state index contributed by atoms with van der Waals surface area (Å²) < 4.78 is 5.22. The van der Waals surface area contributed by atoms with Crippen molar-refractivity contribution in [3.63, 3.8) is 0 Å². The molecule has 0 bridgehead atoms. The van der Waals surface area contributed by atoms with Crippen molar-refractivity contribution >= 4 is 35.0 Å². The number of amides is 4. The molecule has 1 aliphatic heterocycles. The van der Waals surface area contributed by atoms with E-state index in [0.29, 0.717) is 22.7 Å². The van der Waals surface area contributed by atoms with Gasteiger partial charge in [-0.15, -0.1) is 0 Å². The Morgan fingerprint density at radius 2 is 1.75 bits per heavy atom. The van der Waals surface area contributed by atoms with E-state index in [1.807, 2.05) is 20.8 Å². The number of ether oxygens (including phenoxy) is 1. The zero-order chi connectivity index (χ0) is 23.6. The molecule has 0 radical (unpaired) electrons. The normalized spacial score (nSPS) is 16.2. The molecule has 0 aliphatic carbocycles. The zero-order valence-electron chi connectivity index (χ0n) is 18.8. The molecule has 0 aromatic heterocycles. The van der Waals surface area contributed by atoms with Gasteiger partial charge in [0.05, 0.1) is 19.2 Å². The molecule has 0 saturated carbocycles. The minimum absolute atomic E-state index is 0.112. The zero-order valence-corrected chi connectivity index (χ0v) is 18.8. The molecular weight excluding hydrogens is 410 g/mol. The molecule has 1 saturated heterocycles. The lowest BCUT2D eigenvalue weighted by Gasteiger charge is -2.39. The topological polar surface area (TPSA) is 96.0 Å². The highest BCUT2D eigenvalue weighted by molar-refractivity contribution is 6.23. The summed E-state index contributed by atoms with van der Waals surface area (Å²) >= 11 is 0. The van der Waals surface area contributed by atoms with E-state index in [9.17, 15) is 19.2 Å². The smallest absolute Gasteiger partial charge is 0.257 e. The van der Waals surface area contributed by atoms with Crippen molar-refractivity contribution in [2.24, 2.45) is 0 Å². The fourth-order valence-corrected chi connectivity index (χ4v) is 3.79. The summed E-state index contributed by atoms with van der Waals surface area (Å²) in [6.07, 6.45) is -0.112. The summed E-state index contributed by atoms with van der Waals surface area (Å²) in [5, 5.41) is 2.64. The van der Waals surface area contributed by atoms with Crippen LogP contribution in [0.15, 0.2) is 48.5 Å². The first-order valence-corrected chi connectivity index (χ1v) is 10.2. The van der Waals surface area contributed by atoms with Gasteiger partial charge >= 0.3 is 0 Å². The number of carbonyl (C=O) groups is 4. The summed E-state index contributed by atoms with van der Waals surface area (Å²) in [5.74, 6) is -0.902. The molecule has 0 spiro atoms. The third-order valence-corrected chi connectivity index (χ3v) is 5.14. The average molecular weight is 437 g/mol. The second-order valence-electron chi connectivity index (χ2n) is 8.59. The van der Waals surface area contributed by atoms with Crippen molar-refractivity contribution in [2.45, 2.75) is 45.7 Å². The minimum Gasteiger partial charge on any atom is -0.497 e. The number of imide groups is 1. The Labute approximate surface area is 187 Å². The molecule has 2 aromatic rings. The van der Waals surface area contributed by atoms with Crippen LogP contribution in [0.4, 0.5) is 11.4 Å². The van der Waals surface area contributed by atoms with Gasteiger partial charge in [-0.3, -0.25) is 19.2 Å². The molecule has 8 nitrogen and oxygen atoms in total. The van der Waals surface area contributed by atoms with Crippen molar-refractivity contribution in [1.29, 1.82) is 0 Å². The van der Waals surface area contributed by atoms with Gasteiger partial charge in [0.2, 0.25) is 11.8 Å². The number of methoxy groups -OCH3 is 1. The first-order valence-electron chi connectivity index (χ1n) is 10.2. The van der Waals surface area contributed by atoms with E-state index in [2.05, 4.69) is 5.32 Å². The van der Waals surface area contributed by atoms with Crippen LogP contribution in [0.25, 0.3) is 0 Å². The van der Waals surface area contributed by atoms with E-state index in [0.717, 1.165) is 4.90 Å². The standard InChI is InChI=1S/C24H27N3O5/c1-15(28)25-17-9-11-18(12-10-17)26-21(29)14-20(23(26)31)27(24(2,3)4)22(30)16-7-6-8-19(13-16)32-5/h6-13,20H,14H2,1-5H3,(H,25,28). The molecule has 1 aliphatic rings. The second-order valence-corrected chi connectivity index (χ2v) is 8.59. The van der Waals surface area contributed by atoms with Gasteiger partial charge in [-0.05, 0) is 63.2 Å². The number of hydrogen-bond acceptors (Lipinski definition) is 5. The maximum absolute atomic E-state index is 13.4. The first kappa shape index (κ1) is 23.0. The summed E-state index contributed by atoms with van der Waals surface area (Å²) in [6.45, 7) is 6.88. The Morgan fingerprint density at radius 1 is 1.09 bits per heavy atom. The third kappa shape index (κ3) is 4.64. The van der Waals surface area contributed by atoms with Gasteiger partial charge in [0, 0.05) is 23.7 Å². The summed E-state index contributed by atoms with van der Waals surface area (Å²) in [5.41, 5.74) is 0.602. The van der Waals surface area contributed by atoms with Gasteiger partial charge in [0.1, 0.15) is 11.8 Å². The summed E-state index contributed by atoms with van der Waals surface area (Å²) in [6, 6.07) is 12.2. The molecule has 1 atom stereocenters. The second kappa shape index (κ2) is 8.82. The maximum atomic E-state index is 13.4. The molecule has 2 aromatic carbocycles. The predicted octanol–water partition coefficient (Wildman–Crippen LogP) is 3.23. The van der Waals surface area contributed by atoms with Crippen molar-refractivity contribution in [3.8, 4) is 5.75 Å². The molecule has 32 heavy (non-hydrogen) atoms. The van der Waals surface area contributed by atoms with Gasteiger partial charge in [-0.2, -0.15) is 0 Å². The Balaban J connectivity index is 1.92. The van der Waals surface area contributed by atoms with Gasteiger partial charge in [0.25, 0.3) is 11.8 Å². The fraction of sp³-hybridized carbons (Fsp3) is 0.333. The highest BCUT2D eigenvalue weighted by Gasteiger charge is 2.47. The van der Waals surface area contributed by atoms with Crippen molar-refractivity contribution in [3.05, 3.63) is 54.1 Å². The maximum Gasteiger partial charge on any atom is 0.257 e. The molecule has 1 fully saturated rings. The minimum atomic E-state index is -0.934. The number of nitrogens with zero attached hydrogens (tertiary/aromatic N) is 2. The molecule has 1 unspecified atom stereocenters. The highest BCUT2D eigenvalue weighted by Crippen LogP contribution is 2.32. The van der Waals surface area contributed by atoms with Crippen molar-refractivity contribution in [2.75, 3.05) is 17.3 Å². The van der Waals surface area contributed by atoms with Crippen molar-refractivity contribution in [1.82, 2.24) is 4.90 Å². The summed E-state index contributed by atoms with van der Waals surface area (Å²) in [7, 11) is 1.51. The SMILES string of the molecule is COc1cccc(C(=O)N(C2CC(=O)N(c3ccc(NC(C)=O)cc3)C2=O)C(C)(C)C)c1. The van der Waals surface area contributed by atoms with Crippen LogP contribution in [0.5, 0.6) is 5.75 Å². The van der Waals surface area contributed by atoms with E-state index in [1.54, 1.807) is 48.5 Å². The molecule has 8 heteroatoms. The van der Waals surface area contributed by atoms with Gasteiger partial charge < -0.3 is 15.0 Å². The Hall–Kier alpha value is -3.68. The monoisotopic (exact) mass is 437 g/mol. The predicted molar refractivity (Wildman–Crippen MR) is 121 cm³/mol. The average Bonchev–Trinajstić information content (AvgIpc) is 3.01. The fourth-order valence-electron chi connectivity index (χ4n) is 3.79. The van der Waals surface area contributed by atoms with Crippen LogP contribution < -0.4 is 15.0 Å². The lowest BCUT2D eigenvalue weighted by atomic mass is 9.99. The Bertz CT molecular complexity index is 1060. The third-order valence-electron chi connectivity index (χ3n) is 5.14. The van der Waals surface area contributed by atoms with Crippen LogP contribution in [0, 0.1) is 0 Å². The summed E-state index contributed by atoms with van der Waals surface area (Å²) in [4.78, 5) is 53.4. The molecule has 1 N–H and O–H groups in total. The van der Waals surface area contributed by atoms with Gasteiger partial charge in [-0.25, -0.2) is 4.90 Å². The van der Waals surface area contributed by atoms with Gasteiger partial charge in [-0.1, -0.05) is 6.07 Å². The van der Waals surface area contributed by atoms with Crippen LogP contribution in [-0.2, 0) is 14.4 Å². The number of nitrogens with one attached hydrogen (secondary N) is 1. The molecular formula is C24H27N3O5. The number of hydrogen-bond donors (Lipinski definition) is 1. The van der Waals surface area contributed by atoms with Crippen LogP contribution in [0.1, 0.15) is 44.5 Å². The Kier molecular flexibility index (Phi) is 6.34. The number of benzene rings is 2. The lowest BCUT2D eigenvalue weighted by molar-refractivity contribution is -0.123. The van der Waals surface area contributed by atoms with Crippen LogP contribution in [0.3, 0.4) is 0 Å². The number of anilines is 2. The van der Waals surface area contributed by atoms with Gasteiger partial charge in [0.15, 0.2) is 0 Å². The molecule has 4 amide bonds. The van der Waals surface area contributed by atoms with E-state index in [-0.39, 0.29) is 24.1 Å². The van der Waals surface area contributed by atoms with E-state index in [4.69, 9.17) is 4.74 Å². The van der Waals surface area contributed by atoms with Crippen LogP contribution >= 0.6 is 0 Å². The highest BCUT2D eigenvalue weighted by atomic mass is 16.5. The van der Waals surface area contributed by atoms with E-state index in [1.165, 1.54) is 18.9 Å². The molecule has 3 rings (SSSR count). The van der Waals surface area contributed by atoms with E-state index >= 15 is 0 Å². The Morgan fingerprint density at radius 3 is 2.31 bits per heavy atom. The quantitative estimate of drug-likeness (QED) is 0.725. The number of carbonyl (C=O) groups excluding carboxylic acids is 4. The number of rotatable bonds is 5. The lowest BCUT2D eigenvalue weighted by Crippen LogP contribution is -2.54. The first-order chi connectivity index (χ1) is 15.0. The largest absolute Gasteiger partial charge is 0.497 e. The van der Waals surface area contributed by atoms with Crippen LogP contribution in [-0.4, -0.2) is 47.2 Å². The molecule has 1 heterocycles. The van der Waals surface area contributed by atoms with E-state index < -0.39 is 17.5 Å². The van der Waals surface area contributed by atoms with Crippen molar-refractivity contribution < 1.29 is 23.9 Å². The molecule has 168 valence electrons.